The molecule has 0 aromatic rings. The zero-order valence-corrected chi connectivity index (χ0v) is 4.83. The number of nitrogens with one attached hydrogen (secondary N) is 1. The molecule has 46 valence electrons. The molecule has 0 amide bonds. The highest BCUT2D eigenvalue weighted by molar-refractivity contribution is 6.38. The van der Waals surface area contributed by atoms with E-state index >= 15 is 0 Å². The van der Waals surface area contributed by atoms with E-state index in [2.05, 4.69) is 4.99 Å². The second-order valence-electron chi connectivity index (χ2n) is 1.63. The molecule has 0 saturated heterocycles. The molecular formula is C6H7N3. The molecule has 0 bridgehead atoms. The number of aliphatic imine (C=N–C) groups is 1. The van der Waals surface area contributed by atoms with E-state index in [1.165, 1.54) is 12.4 Å². The zero-order chi connectivity index (χ0) is 6.69. The van der Waals surface area contributed by atoms with Gasteiger partial charge in [0.25, 0.3) is 0 Å². The van der Waals surface area contributed by atoms with Crippen LogP contribution in [0.5, 0.6) is 0 Å². The molecule has 0 unspecified atom stereocenters. The molecule has 9 heavy (non-hydrogen) atoms. The SMILES string of the molecule is N=C1C=NC=C/C1=C/N. The predicted octanol–water partition coefficient (Wildman–Crippen LogP) is 0.447. The van der Waals surface area contributed by atoms with Crippen LogP contribution >= 0.6 is 0 Å². The molecule has 0 aliphatic carbocycles. The second-order valence-corrected chi connectivity index (χ2v) is 1.63. The van der Waals surface area contributed by atoms with Crippen molar-refractivity contribution in [1.82, 2.24) is 0 Å². The van der Waals surface area contributed by atoms with Gasteiger partial charge >= 0.3 is 0 Å². The van der Waals surface area contributed by atoms with E-state index in [0.717, 1.165) is 0 Å². The number of rotatable bonds is 0. The van der Waals surface area contributed by atoms with E-state index < -0.39 is 0 Å². The minimum atomic E-state index is 0.361. The number of nitrogens with zero attached hydrogens (tertiary/aromatic N) is 1. The van der Waals surface area contributed by atoms with Gasteiger partial charge in [0.15, 0.2) is 0 Å². The molecule has 0 radical (unpaired) electrons. The summed E-state index contributed by atoms with van der Waals surface area (Å²) in [6.45, 7) is 0. The minimum Gasteiger partial charge on any atom is -0.404 e. The highest BCUT2D eigenvalue weighted by Gasteiger charge is 1.98. The fourth-order valence-corrected chi connectivity index (χ4v) is 0.551. The topological polar surface area (TPSA) is 62.2 Å². The highest BCUT2D eigenvalue weighted by atomic mass is 14.7. The molecule has 0 aromatic heterocycles. The Hall–Kier alpha value is -1.38. The average molecular weight is 121 g/mol. The third kappa shape index (κ3) is 1.05. The molecule has 0 aromatic carbocycles. The van der Waals surface area contributed by atoms with Crippen LogP contribution in [0.4, 0.5) is 0 Å². The van der Waals surface area contributed by atoms with E-state index in [9.17, 15) is 0 Å². The largest absolute Gasteiger partial charge is 0.404 e. The second kappa shape index (κ2) is 2.26. The van der Waals surface area contributed by atoms with E-state index in [1.807, 2.05) is 0 Å². The maximum atomic E-state index is 7.20. The number of hydrogen-bond donors (Lipinski definition) is 2. The Labute approximate surface area is 53.1 Å². The Morgan fingerprint density at radius 2 is 2.44 bits per heavy atom. The summed E-state index contributed by atoms with van der Waals surface area (Å²) < 4.78 is 0. The predicted molar refractivity (Wildman–Crippen MR) is 37.6 cm³/mol. The summed E-state index contributed by atoms with van der Waals surface area (Å²) in [5.41, 5.74) is 6.25. The van der Waals surface area contributed by atoms with Crippen LogP contribution in [0.1, 0.15) is 0 Å². The van der Waals surface area contributed by atoms with Crippen molar-refractivity contribution in [3.05, 3.63) is 24.0 Å². The summed E-state index contributed by atoms with van der Waals surface area (Å²) in [5, 5.41) is 7.20. The average Bonchev–Trinajstić information content (AvgIpc) is 1.89. The normalized spacial score (nSPS) is 21.3. The van der Waals surface area contributed by atoms with E-state index in [0.29, 0.717) is 11.3 Å². The molecule has 3 heteroatoms. The number of nitrogens with two attached hydrogens (primary N) is 1. The van der Waals surface area contributed by atoms with Gasteiger partial charge in [-0.25, -0.2) is 0 Å². The van der Waals surface area contributed by atoms with Crippen LogP contribution in [-0.4, -0.2) is 11.9 Å². The van der Waals surface area contributed by atoms with Crippen LogP contribution in [0.25, 0.3) is 0 Å². The zero-order valence-electron chi connectivity index (χ0n) is 4.83. The Balaban J connectivity index is 2.91. The van der Waals surface area contributed by atoms with Crippen molar-refractivity contribution in [2.75, 3.05) is 0 Å². The third-order valence-corrected chi connectivity index (χ3v) is 1.03. The molecule has 0 atom stereocenters. The molecule has 3 N–H and O–H groups in total. The van der Waals surface area contributed by atoms with Gasteiger partial charge in [-0.1, -0.05) is 0 Å². The van der Waals surface area contributed by atoms with Gasteiger partial charge in [0.05, 0.1) is 11.9 Å². The van der Waals surface area contributed by atoms with Crippen LogP contribution in [0.2, 0.25) is 0 Å². The van der Waals surface area contributed by atoms with Crippen LogP contribution in [-0.2, 0) is 0 Å². The summed E-state index contributed by atoms with van der Waals surface area (Å²) in [5.74, 6) is 0. The van der Waals surface area contributed by atoms with Crippen molar-refractivity contribution in [2.45, 2.75) is 0 Å². The highest BCUT2D eigenvalue weighted by Crippen LogP contribution is 1.99. The molecule has 0 fully saturated rings. The summed E-state index contributed by atoms with van der Waals surface area (Å²) in [6, 6.07) is 0. The lowest BCUT2D eigenvalue weighted by Crippen LogP contribution is -2.05. The maximum Gasteiger partial charge on any atom is 0.0809 e. The lowest BCUT2D eigenvalue weighted by Gasteiger charge is -1.99. The first kappa shape index (κ1) is 5.75. The molecule has 1 aliphatic rings. The smallest absolute Gasteiger partial charge is 0.0809 e. The van der Waals surface area contributed by atoms with Crippen molar-refractivity contribution >= 4 is 11.9 Å². The van der Waals surface area contributed by atoms with Crippen molar-refractivity contribution in [3.8, 4) is 0 Å². The van der Waals surface area contributed by atoms with Crippen molar-refractivity contribution in [2.24, 2.45) is 10.7 Å². The van der Waals surface area contributed by atoms with Gasteiger partial charge < -0.3 is 5.73 Å². The first-order valence-electron chi connectivity index (χ1n) is 2.55. The van der Waals surface area contributed by atoms with Crippen LogP contribution in [0, 0.1) is 5.41 Å². The molecule has 1 heterocycles. The monoisotopic (exact) mass is 121 g/mol. The van der Waals surface area contributed by atoms with Crippen LogP contribution < -0.4 is 5.73 Å². The van der Waals surface area contributed by atoms with E-state index in [4.69, 9.17) is 11.1 Å². The van der Waals surface area contributed by atoms with Crippen molar-refractivity contribution < 1.29 is 0 Å². The summed E-state index contributed by atoms with van der Waals surface area (Å²) >= 11 is 0. The molecule has 0 saturated carbocycles. The van der Waals surface area contributed by atoms with Gasteiger partial charge in [-0.2, -0.15) is 0 Å². The number of allylic oxidation sites excluding steroid dienone is 2. The molecule has 0 spiro atoms. The Morgan fingerprint density at radius 1 is 1.67 bits per heavy atom. The van der Waals surface area contributed by atoms with Crippen molar-refractivity contribution in [3.63, 3.8) is 0 Å². The van der Waals surface area contributed by atoms with Crippen LogP contribution in [0.15, 0.2) is 29.0 Å². The third-order valence-electron chi connectivity index (χ3n) is 1.03. The summed E-state index contributed by atoms with van der Waals surface area (Å²) in [4.78, 5) is 3.73. The standard InChI is InChI=1S/C6H7N3/c7-3-5-1-2-9-4-6(5)8/h1-4,8H,7H2/b5-3-,8-6?. The lowest BCUT2D eigenvalue weighted by atomic mass is 10.1. The molecule has 3 nitrogen and oxygen atoms in total. The Bertz CT molecular complexity index is 210. The van der Waals surface area contributed by atoms with Gasteiger partial charge in [-0.05, 0) is 6.08 Å². The number of hydrogen-bond acceptors (Lipinski definition) is 3. The van der Waals surface area contributed by atoms with Gasteiger partial charge in [0, 0.05) is 18.0 Å². The Morgan fingerprint density at radius 3 is 2.89 bits per heavy atom. The van der Waals surface area contributed by atoms with E-state index in [-0.39, 0.29) is 0 Å². The molecule has 1 rings (SSSR count). The Kier molecular flexibility index (Phi) is 1.44. The summed E-state index contributed by atoms with van der Waals surface area (Å²) in [7, 11) is 0. The fraction of sp³-hybridized carbons (Fsp3) is 0. The van der Waals surface area contributed by atoms with Crippen LogP contribution in [0.3, 0.4) is 0 Å². The summed E-state index contributed by atoms with van der Waals surface area (Å²) in [6.07, 6.45) is 6.15. The molecule has 1 aliphatic heterocycles. The van der Waals surface area contributed by atoms with Gasteiger partial charge in [0.1, 0.15) is 0 Å². The van der Waals surface area contributed by atoms with E-state index in [1.54, 1.807) is 12.3 Å². The molecular weight excluding hydrogens is 114 g/mol. The van der Waals surface area contributed by atoms with Gasteiger partial charge in [0.2, 0.25) is 0 Å². The van der Waals surface area contributed by atoms with Gasteiger partial charge in [-0.15, -0.1) is 0 Å². The first-order valence-corrected chi connectivity index (χ1v) is 2.55. The van der Waals surface area contributed by atoms with Gasteiger partial charge in [-0.3, -0.25) is 10.4 Å². The maximum absolute atomic E-state index is 7.20. The fourth-order valence-electron chi connectivity index (χ4n) is 0.551. The quantitative estimate of drug-likeness (QED) is 0.480. The lowest BCUT2D eigenvalue weighted by molar-refractivity contribution is 1.44. The first-order chi connectivity index (χ1) is 4.34. The minimum absolute atomic E-state index is 0.361. The van der Waals surface area contributed by atoms with Crippen molar-refractivity contribution in [1.29, 1.82) is 5.41 Å².